The van der Waals surface area contributed by atoms with Gasteiger partial charge in [-0.05, 0) is 24.6 Å². The number of aliphatic hydroxyl groups is 1. The van der Waals surface area contributed by atoms with E-state index in [-0.39, 0.29) is 47.0 Å². The zero-order chi connectivity index (χ0) is 22.4. The summed E-state index contributed by atoms with van der Waals surface area (Å²) >= 11 is 0. The number of rotatable bonds is 4. The molecule has 0 aliphatic carbocycles. The van der Waals surface area contributed by atoms with E-state index in [2.05, 4.69) is 0 Å². The van der Waals surface area contributed by atoms with Crippen LogP contribution in [-0.4, -0.2) is 36.9 Å². The minimum absolute atomic E-state index is 0.0317. The molecule has 3 aromatic rings. The van der Waals surface area contributed by atoms with Crippen LogP contribution in [0, 0.1) is 0 Å². The number of phenolic OH excluding ortho intramolecular Hbond substituents is 4. The number of phenols is 4. The van der Waals surface area contributed by atoms with Crippen molar-refractivity contribution in [2.75, 3.05) is 0 Å². The Morgan fingerprint density at radius 3 is 2.29 bits per heavy atom. The Morgan fingerprint density at radius 2 is 1.65 bits per heavy atom. The van der Waals surface area contributed by atoms with Crippen molar-refractivity contribution in [3.05, 3.63) is 77.4 Å². The van der Waals surface area contributed by atoms with Gasteiger partial charge in [-0.1, -0.05) is 36.4 Å². The molecule has 1 heterocycles. The van der Waals surface area contributed by atoms with Gasteiger partial charge < -0.3 is 30.3 Å². The second-order valence-corrected chi connectivity index (χ2v) is 7.83. The molecule has 0 saturated heterocycles. The maximum absolute atomic E-state index is 12.9. The van der Waals surface area contributed by atoms with Crippen LogP contribution in [0.4, 0.5) is 0 Å². The molecule has 0 spiro atoms. The fourth-order valence-electron chi connectivity index (χ4n) is 4.20. The van der Waals surface area contributed by atoms with E-state index in [1.807, 2.05) is 6.07 Å². The molecule has 5 N–H and O–H groups in total. The van der Waals surface area contributed by atoms with Gasteiger partial charge in [0, 0.05) is 36.1 Å². The predicted molar refractivity (Wildman–Crippen MR) is 111 cm³/mol. The van der Waals surface area contributed by atoms with Crippen LogP contribution >= 0.6 is 0 Å². The zero-order valence-corrected chi connectivity index (χ0v) is 16.7. The Bertz CT molecular complexity index is 1160. The van der Waals surface area contributed by atoms with Gasteiger partial charge in [0.05, 0.1) is 0 Å². The van der Waals surface area contributed by atoms with Crippen molar-refractivity contribution in [3.8, 4) is 28.7 Å². The fourth-order valence-corrected chi connectivity index (χ4v) is 4.20. The number of Topliss-reactive ketones (excluding diaryl/α,β-unsaturated/α-hetero) is 1. The summed E-state index contributed by atoms with van der Waals surface area (Å²) in [6.45, 7) is 1.23. The predicted octanol–water partition coefficient (Wildman–Crippen LogP) is 2.90. The molecule has 7 nitrogen and oxygen atoms in total. The molecule has 0 amide bonds. The molecule has 3 aromatic carbocycles. The van der Waals surface area contributed by atoms with Crippen molar-refractivity contribution in [2.24, 2.45) is 0 Å². The largest absolute Gasteiger partial charge is 0.508 e. The van der Waals surface area contributed by atoms with Gasteiger partial charge in [-0.15, -0.1) is 0 Å². The summed E-state index contributed by atoms with van der Waals surface area (Å²) in [6, 6.07) is 15.4. The average molecular weight is 422 g/mol. The maximum Gasteiger partial charge on any atom is 0.174 e. The first-order valence-electron chi connectivity index (χ1n) is 9.70. The highest BCUT2D eigenvalue weighted by molar-refractivity contribution is 5.88. The average Bonchev–Trinajstić information content (AvgIpc) is 2.72. The Hall–Kier alpha value is -3.71. The van der Waals surface area contributed by atoms with Crippen LogP contribution in [0.15, 0.2) is 60.7 Å². The third-order valence-corrected chi connectivity index (χ3v) is 5.88. The molecule has 31 heavy (non-hydrogen) atoms. The van der Waals surface area contributed by atoms with Crippen LogP contribution in [-0.2, 0) is 23.2 Å². The van der Waals surface area contributed by atoms with E-state index in [1.165, 1.54) is 31.2 Å². The summed E-state index contributed by atoms with van der Waals surface area (Å²) in [6.07, 6.45) is -0.248. The van der Waals surface area contributed by atoms with Crippen LogP contribution in [0.2, 0.25) is 0 Å². The van der Waals surface area contributed by atoms with Gasteiger partial charge in [-0.3, -0.25) is 4.79 Å². The first-order chi connectivity index (χ1) is 14.7. The molecule has 0 fully saturated rings. The van der Waals surface area contributed by atoms with Crippen molar-refractivity contribution in [2.45, 2.75) is 31.0 Å². The highest BCUT2D eigenvalue weighted by Crippen LogP contribution is 2.52. The summed E-state index contributed by atoms with van der Waals surface area (Å²) in [5, 5.41) is 52.0. The summed E-state index contributed by atoms with van der Waals surface area (Å²) in [5.74, 6) is -1.86. The number of hydrogen-bond acceptors (Lipinski definition) is 7. The fraction of sp³-hybridized carbons (Fsp3) is 0.208. The molecule has 160 valence electrons. The number of benzene rings is 3. The van der Waals surface area contributed by atoms with Gasteiger partial charge in [0.25, 0.3) is 0 Å². The van der Waals surface area contributed by atoms with Crippen LogP contribution < -0.4 is 4.74 Å². The molecule has 1 aliphatic rings. The Labute approximate surface area is 178 Å². The molecule has 0 bridgehead atoms. The monoisotopic (exact) mass is 422 g/mol. The van der Waals surface area contributed by atoms with Gasteiger partial charge in [-0.2, -0.15) is 0 Å². The first kappa shape index (κ1) is 20.6. The van der Waals surface area contributed by atoms with Crippen molar-refractivity contribution >= 4 is 5.78 Å². The third-order valence-electron chi connectivity index (χ3n) is 5.88. The number of carbonyl (C=O) groups is 1. The van der Waals surface area contributed by atoms with Crippen LogP contribution in [0.3, 0.4) is 0 Å². The van der Waals surface area contributed by atoms with Crippen molar-refractivity contribution in [3.63, 3.8) is 0 Å². The number of ether oxygens (including phenoxy) is 1. The van der Waals surface area contributed by atoms with E-state index in [0.717, 1.165) is 11.6 Å². The number of ketones is 1. The van der Waals surface area contributed by atoms with Gasteiger partial charge in [0.1, 0.15) is 17.2 Å². The Balaban J connectivity index is 2.02. The SMILES string of the molecule is CC(=O)C1(O)Cc2c(O)cc(O)cc2OC1(Cc1ccccc1)c1ccc(O)c(O)c1. The number of fused-ring (bicyclic) bond motifs is 1. The summed E-state index contributed by atoms with van der Waals surface area (Å²) in [5.41, 5.74) is -2.69. The first-order valence-corrected chi connectivity index (χ1v) is 9.70. The molecule has 0 aromatic heterocycles. The Morgan fingerprint density at radius 1 is 0.935 bits per heavy atom. The lowest BCUT2D eigenvalue weighted by Gasteiger charge is -2.49. The molecule has 1 aliphatic heterocycles. The molecule has 2 atom stereocenters. The van der Waals surface area contributed by atoms with Gasteiger partial charge >= 0.3 is 0 Å². The highest BCUT2D eigenvalue weighted by Gasteiger charge is 2.60. The van der Waals surface area contributed by atoms with Crippen molar-refractivity contribution in [1.82, 2.24) is 0 Å². The number of aromatic hydroxyl groups is 4. The van der Waals surface area contributed by atoms with E-state index in [1.54, 1.807) is 24.3 Å². The third kappa shape index (κ3) is 3.23. The highest BCUT2D eigenvalue weighted by atomic mass is 16.5. The standard InChI is InChI=1S/C24H22O7/c1-14(25)23(30)13-18-20(28)10-17(26)11-22(18)31-24(23,12-15-5-3-2-4-6-15)16-7-8-19(27)21(29)9-16/h2-11,26-30H,12-13H2,1H3. The second kappa shape index (κ2) is 7.21. The quantitative estimate of drug-likeness (QED) is 0.409. The van der Waals surface area contributed by atoms with Crippen LogP contribution in [0.1, 0.15) is 23.6 Å². The number of hydrogen-bond donors (Lipinski definition) is 5. The van der Waals surface area contributed by atoms with E-state index < -0.39 is 22.7 Å². The van der Waals surface area contributed by atoms with Gasteiger partial charge in [0.2, 0.25) is 0 Å². The lowest BCUT2D eigenvalue weighted by atomic mass is 9.67. The van der Waals surface area contributed by atoms with Crippen molar-refractivity contribution < 1.29 is 35.1 Å². The van der Waals surface area contributed by atoms with Crippen LogP contribution in [0.5, 0.6) is 28.7 Å². The maximum atomic E-state index is 12.9. The van der Waals surface area contributed by atoms with Gasteiger partial charge in [0.15, 0.2) is 28.5 Å². The molecule has 0 radical (unpaired) electrons. The van der Waals surface area contributed by atoms with E-state index in [4.69, 9.17) is 4.74 Å². The molecule has 4 rings (SSSR count). The molecule has 0 saturated carbocycles. The Kier molecular flexibility index (Phi) is 4.78. The van der Waals surface area contributed by atoms with E-state index >= 15 is 0 Å². The minimum atomic E-state index is -2.13. The van der Waals surface area contributed by atoms with Crippen LogP contribution in [0.25, 0.3) is 0 Å². The molecule has 2 unspecified atom stereocenters. The van der Waals surface area contributed by atoms with Crippen molar-refractivity contribution in [1.29, 1.82) is 0 Å². The van der Waals surface area contributed by atoms with E-state index in [0.29, 0.717) is 0 Å². The summed E-state index contributed by atoms with van der Waals surface area (Å²) in [7, 11) is 0. The lowest BCUT2D eigenvalue weighted by molar-refractivity contribution is -0.173. The second-order valence-electron chi connectivity index (χ2n) is 7.83. The molecule has 7 heteroatoms. The zero-order valence-electron chi connectivity index (χ0n) is 16.7. The smallest absolute Gasteiger partial charge is 0.174 e. The number of carbonyl (C=O) groups excluding carboxylic acids is 1. The molecular formula is C24H22O7. The lowest BCUT2D eigenvalue weighted by Crippen LogP contribution is -2.64. The van der Waals surface area contributed by atoms with E-state index in [9.17, 15) is 30.3 Å². The minimum Gasteiger partial charge on any atom is -0.508 e. The van der Waals surface area contributed by atoms with Gasteiger partial charge in [-0.25, -0.2) is 0 Å². The molecular weight excluding hydrogens is 400 g/mol. The summed E-state index contributed by atoms with van der Waals surface area (Å²) < 4.78 is 6.26. The topological polar surface area (TPSA) is 127 Å². The summed E-state index contributed by atoms with van der Waals surface area (Å²) in [4.78, 5) is 12.9. The normalized spacial score (nSPS) is 22.4.